The summed E-state index contributed by atoms with van der Waals surface area (Å²) in [5.74, 6) is -0.0680. The normalized spacial score (nSPS) is 17.0. The molecule has 1 saturated heterocycles. The van der Waals surface area contributed by atoms with Crippen LogP contribution in [0.15, 0.2) is 47.8 Å². The number of hydrogen-bond acceptors (Lipinski definition) is 10. The highest BCUT2D eigenvalue weighted by Gasteiger charge is 2.39. The van der Waals surface area contributed by atoms with Gasteiger partial charge in [-0.3, -0.25) is 4.90 Å². The molecule has 0 N–H and O–H groups in total. The Morgan fingerprint density at radius 3 is 2.51 bits per heavy atom. The number of rotatable bonds is 7. The van der Waals surface area contributed by atoms with Crippen molar-refractivity contribution in [3.8, 4) is 22.5 Å². The molecular weight excluding hydrogens is 589 g/mol. The van der Waals surface area contributed by atoms with E-state index in [9.17, 15) is 22.8 Å². The maximum atomic E-state index is 13.3. The smallest absolute Gasteiger partial charge is 0.434 e. The number of thiazole rings is 1. The van der Waals surface area contributed by atoms with Crippen molar-refractivity contribution in [2.45, 2.75) is 44.7 Å². The molecule has 226 valence electrons. The zero-order chi connectivity index (χ0) is 30.7. The Balaban J connectivity index is 1.43. The van der Waals surface area contributed by atoms with E-state index in [0.29, 0.717) is 28.6 Å². The van der Waals surface area contributed by atoms with Gasteiger partial charge in [0.15, 0.2) is 16.5 Å². The summed E-state index contributed by atoms with van der Waals surface area (Å²) in [5, 5.41) is 1.36. The molecule has 2 atom stereocenters. The Kier molecular flexibility index (Phi) is 8.67. The van der Waals surface area contributed by atoms with E-state index in [0.717, 1.165) is 22.3 Å². The number of carbonyl (C=O) groups excluding carboxylic acids is 2. The van der Waals surface area contributed by atoms with Crippen LogP contribution in [0.5, 0.6) is 11.6 Å². The number of methoxy groups -OCH3 is 2. The first-order valence-electron chi connectivity index (χ1n) is 13.2. The number of likely N-dealkylation sites (tertiary alicyclic amines) is 1. The molecule has 0 aliphatic carbocycles. The van der Waals surface area contributed by atoms with Gasteiger partial charge in [0.05, 0.1) is 25.1 Å². The van der Waals surface area contributed by atoms with Crippen LogP contribution in [0, 0.1) is 6.92 Å². The lowest BCUT2D eigenvalue weighted by Crippen LogP contribution is -2.52. The second-order valence-corrected chi connectivity index (χ2v) is 10.6. The Bertz CT molecular complexity index is 1630. The van der Waals surface area contributed by atoms with Gasteiger partial charge < -0.3 is 18.9 Å². The molecule has 3 heterocycles. The van der Waals surface area contributed by atoms with Crippen LogP contribution < -0.4 is 9.47 Å². The van der Waals surface area contributed by atoms with Crippen LogP contribution in [0.1, 0.15) is 29.7 Å². The summed E-state index contributed by atoms with van der Waals surface area (Å²) in [5.41, 5.74) is 0.789. The summed E-state index contributed by atoms with van der Waals surface area (Å²) >= 11 is 0.760. The molecule has 5 rings (SSSR count). The van der Waals surface area contributed by atoms with Crippen molar-refractivity contribution in [3.63, 3.8) is 0 Å². The molecule has 14 heteroatoms. The summed E-state index contributed by atoms with van der Waals surface area (Å²) < 4.78 is 61.9. The summed E-state index contributed by atoms with van der Waals surface area (Å²) in [4.78, 5) is 39.6. The van der Waals surface area contributed by atoms with Gasteiger partial charge in [-0.15, -0.1) is 11.3 Å². The molecule has 0 saturated carbocycles. The number of aryl methyl sites for hydroxylation is 1. The third-order valence-electron chi connectivity index (χ3n) is 6.99. The molecule has 2 aromatic heterocycles. The van der Waals surface area contributed by atoms with Crippen molar-refractivity contribution in [2.24, 2.45) is 0 Å². The predicted octanol–water partition coefficient (Wildman–Crippen LogP) is 5.81. The zero-order valence-electron chi connectivity index (χ0n) is 23.4. The van der Waals surface area contributed by atoms with Crippen molar-refractivity contribution in [3.05, 3.63) is 64.7 Å². The molecule has 0 bridgehead atoms. The molecular formula is C29H27F3N4O6S. The molecule has 1 aliphatic rings. The number of ether oxygens (including phenoxy) is 4. The third kappa shape index (κ3) is 6.48. The van der Waals surface area contributed by atoms with Crippen LogP contribution in [0.4, 0.5) is 18.0 Å². The highest BCUT2D eigenvalue weighted by Crippen LogP contribution is 2.37. The topological polar surface area (TPSA) is 113 Å². The van der Waals surface area contributed by atoms with Crippen molar-refractivity contribution in [1.29, 1.82) is 0 Å². The van der Waals surface area contributed by atoms with Crippen molar-refractivity contribution >= 4 is 34.3 Å². The number of benzene rings is 2. The number of aromatic nitrogens is 3. The summed E-state index contributed by atoms with van der Waals surface area (Å²) in [6.07, 6.45) is -5.50. The van der Waals surface area contributed by atoms with Gasteiger partial charge in [0.25, 0.3) is 0 Å². The summed E-state index contributed by atoms with van der Waals surface area (Å²) in [7, 11) is 2.72. The number of alkyl halides is 3. The number of hydrogen-bond donors (Lipinski definition) is 0. The van der Waals surface area contributed by atoms with Crippen LogP contribution in [-0.4, -0.2) is 64.8 Å². The number of halogens is 3. The quantitative estimate of drug-likeness (QED) is 0.237. The minimum absolute atomic E-state index is 0.0370. The van der Waals surface area contributed by atoms with E-state index < -0.39 is 36.1 Å². The van der Waals surface area contributed by atoms with Crippen LogP contribution in [-0.2, 0) is 27.1 Å². The van der Waals surface area contributed by atoms with Crippen molar-refractivity contribution < 1.29 is 41.7 Å². The van der Waals surface area contributed by atoms with Crippen LogP contribution in [0.25, 0.3) is 21.7 Å². The highest BCUT2D eigenvalue weighted by atomic mass is 32.1. The Labute approximate surface area is 248 Å². The van der Waals surface area contributed by atoms with Gasteiger partial charge in [0, 0.05) is 30.3 Å². The third-order valence-corrected chi connectivity index (χ3v) is 7.83. The van der Waals surface area contributed by atoms with E-state index in [2.05, 4.69) is 15.0 Å². The van der Waals surface area contributed by atoms with E-state index >= 15 is 0 Å². The number of amides is 1. The minimum Gasteiger partial charge on any atom is -0.496 e. The fraction of sp³-hybridized carbons (Fsp3) is 0.345. The lowest BCUT2D eigenvalue weighted by Gasteiger charge is -2.36. The maximum Gasteiger partial charge on any atom is 0.434 e. The molecule has 1 amide bonds. The van der Waals surface area contributed by atoms with E-state index in [4.69, 9.17) is 18.9 Å². The Hall–Kier alpha value is -4.46. The van der Waals surface area contributed by atoms with Crippen molar-refractivity contribution in [2.75, 3.05) is 20.8 Å². The molecule has 1 fully saturated rings. The van der Waals surface area contributed by atoms with E-state index in [1.54, 1.807) is 19.1 Å². The zero-order valence-corrected chi connectivity index (χ0v) is 24.2. The Morgan fingerprint density at radius 1 is 1.07 bits per heavy atom. The molecule has 10 nitrogen and oxygen atoms in total. The van der Waals surface area contributed by atoms with Gasteiger partial charge in [-0.1, -0.05) is 30.3 Å². The molecule has 0 spiro atoms. The van der Waals surface area contributed by atoms with Gasteiger partial charge in [-0.25, -0.2) is 19.6 Å². The lowest BCUT2D eigenvalue weighted by molar-refractivity contribution is -0.149. The molecule has 2 aromatic carbocycles. The lowest BCUT2D eigenvalue weighted by atomic mass is 9.99. The van der Waals surface area contributed by atoms with Crippen LogP contribution in [0.3, 0.4) is 0 Å². The first-order chi connectivity index (χ1) is 20.6. The van der Waals surface area contributed by atoms with Gasteiger partial charge in [-0.05, 0) is 24.6 Å². The van der Waals surface area contributed by atoms with E-state index in [-0.39, 0.29) is 36.3 Å². The second-order valence-electron chi connectivity index (χ2n) is 9.71. The Morgan fingerprint density at radius 2 is 1.84 bits per heavy atom. The number of esters is 1. The fourth-order valence-corrected chi connectivity index (χ4v) is 5.53. The monoisotopic (exact) mass is 616 g/mol. The first kappa shape index (κ1) is 30.0. The van der Waals surface area contributed by atoms with E-state index in [1.807, 2.05) is 30.3 Å². The average molecular weight is 617 g/mol. The standard InChI is InChI=1S/C29H27F3N4O6S/c1-16-21(39-2)10-9-19-23(16)34-24(26-33-22(15-43-26)29(30,31)32)35-25(19)42-18-11-12-36(20(13-18)27(37)40-3)28(38)41-14-17-7-5-4-6-8-17/h4-10,15,18,20H,11-14H2,1-3H3/t18-,20-/m0/s1. The van der Waals surface area contributed by atoms with Crippen LogP contribution >= 0.6 is 11.3 Å². The van der Waals surface area contributed by atoms with Gasteiger partial charge in [0.2, 0.25) is 5.88 Å². The summed E-state index contributed by atoms with van der Waals surface area (Å²) in [6, 6.07) is 11.5. The second kappa shape index (κ2) is 12.4. The van der Waals surface area contributed by atoms with Gasteiger partial charge in [0.1, 0.15) is 24.5 Å². The molecule has 1 aliphatic heterocycles. The van der Waals surface area contributed by atoms with Gasteiger partial charge >= 0.3 is 18.2 Å². The number of piperidine rings is 1. The molecule has 0 unspecified atom stereocenters. The van der Waals surface area contributed by atoms with Crippen LogP contribution in [0.2, 0.25) is 0 Å². The molecule has 4 aromatic rings. The molecule has 0 radical (unpaired) electrons. The van der Waals surface area contributed by atoms with E-state index in [1.165, 1.54) is 19.1 Å². The summed E-state index contributed by atoms with van der Waals surface area (Å²) in [6.45, 7) is 1.93. The maximum absolute atomic E-state index is 13.3. The van der Waals surface area contributed by atoms with Crippen molar-refractivity contribution in [1.82, 2.24) is 19.9 Å². The average Bonchev–Trinajstić information content (AvgIpc) is 3.52. The SMILES string of the molecule is COC(=O)[C@@H]1C[C@@H](Oc2nc(-c3nc(C(F)(F)F)cs3)nc3c(C)c(OC)ccc23)CCN1C(=O)OCc1ccccc1. The predicted molar refractivity (Wildman–Crippen MR) is 150 cm³/mol. The number of fused-ring (bicyclic) bond motifs is 1. The minimum atomic E-state index is -4.62. The molecule has 43 heavy (non-hydrogen) atoms. The highest BCUT2D eigenvalue weighted by molar-refractivity contribution is 7.13. The van der Waals surface area contributed by atoms with Gasteiger partial charge in [-0.2, -0.15) is 18.2 Å². The largest absolute Gasteiger partial charge is 0.496 e. The fourth-order valence-electron chi connectivity index (χ4n) is 4.78. The first-order valence-corrected chi connectivity index (χ1v) is 14.1. The number of nitrogens with zero attached hydrogens (tertiary/aromatic N) is 4. The number of carbonyl (C=O) groups is 2.